The third-order valence-electron chi connectivity index (χ3n) is 3.43. The minimum absolute atomic E-state index is 0.0921. The molecule has 0 spiro atoms. The molecule has 0 aliphatic heterocycles. The van der Waals surface area contributed by atoms with Crippen molar-refractivity contribution in [3.05, 3.63) is 0 Å². The van der Waals surface area contributed by atoms with Crippen molar-refractivity contribution in [1.29, 1.82) is 0 Å². The summed E-state index contributed by atoms with van der Waals surface area (Å²) in [6.45, 7) is 12.7. The highest BCUT2D eigenvalue weighted by Gasteiger charge is 2.21. The van der Waals surface area contributed by atoms with Gasteiger partial charge in [-0.05, 0) is 31.6 Å². The Kier molecular flexibility index (Phi) is 7.29. The zero-order chi connectivity index (χ0) is 14.3. The van der Waals surface area contributed by atoms with E-state index >= 15 is 0 Å². The summed E-state index contributed by atoms with van der Waals surface area (Å²) in [7, 11) is 0. The van der Waals surface area contributed by atoms with Gasteiger partial charge in [0.2, 0.25) is 0 Å². The van der Waals surface area contributed by atoms with Gasteiger partial charge in [-0.3, -0.25) is 0 Å². The van der Waals surface area contributed by atoms with Crippen molar-refractivity contribution >= 4 is 6.03 Å². The van der Waals surface area contributed by atoms with E-state index in [-0.39, 0.29) is 23.6 Å². The van der Waals surface area contributed by atoms with Gasteiger partial charge >= 0.3 is 6.03 Å². The van der Waals surface area contributed by atoms with E-state index in [0.717, 1.165) is 6.42 Å². The van der Waals surface area contributed by atoms with Crippen molar-refractivity contribution in [1.82, 2.24) is 10.6 Å². The van der Waals surface area contributed by atoms with Crippen molar-refractivity contribution in [2.75, 3.05) is 6.54 Å². The summed E-state index contributed by atoms with van der Waals surface area (Å²) in [5, 5.41) is 15.2. The Morgan fingerprint density at radius 2 is 1.83 bits per heavy atom. The number of hydrogen-bond donors (Lipinski definition) is 3. The number of aliphatic hydroxyl groups is 1. The molecule has 0 rings (SSSR count). The lowest BCUT2D eigenvalue weighted by Crippen LogP contribution is -2.46. The summed E-state index contributed by atoms with van der Waals surface area (Å²) < 4.78 is 0. The van der Waals surface area contributed by atoms with E-state index in [1.54, 1.807) is 6.92 Å². The normalized spacial score (nSPS) is 16.8. The summed E-state index contributed by atoms with van der Waals surface area (Å²) in [5.74, 6) is 0.473. The van der Waals surface area contributed by atoms with Crippen LogP contribution >= 0.6 is 0 Å². The van der Waals surface area contributed by atoms with E-state index in [0.29, 0.717) is 18.9 Å². The monoisotopic (exact) mass is 258 g/mol. The van der Waals surface area contributed by atoms with Crippen molar-refractivity contribution in [2.45, 2.75) is 66.5 Å². The van der Waals surface area contributed by atoms with Gasteiger partial charge in [-0.2, -0.15) is 0 Å². The first-order chi connectivity index (χ1) is 8.18. The molecule has 0 aromatic rings. The maximum Gasteiger partial charge on any atom is 0.315 e. The number of rotatable bonds is 7. The molecule has 0 fully saturated rings. The second-order valence-corrected chi connectivity index (χ2v) is 6.22. The first kappa shape index (κ1) is 17.2. The third-order valence-corrected chi connectivity index (χ3v) is 3.43. The molecule has 0 aliphatic rings. The molecule has 0 bridgehead atoms. The van der Waals surface area contributed by atoms with Crippen LogP contribution in [0.15, 0.2) is 0 Å². The fourth-order valence-corrected chi connectivity index (χ4v) is 1.95. The molecule has 2 amide bonds. The van der Waals surface area contributed by atoms with Crippen LogP contribution in [0.4, 0.5) is 4.79 Å². The second-order valence-electron chi connectivity index (χ2n) is 6.22. The largest absolute Gasteiger partial charge is 0.393 e. The lowest BCUT2D eigenvalue weighted by Gasteiger charge is -2.27. The number of amides is 2. The Balaban J connectivity index is 4.03. The summed E-state index contributed by atoms with van der Waals surface area (Å²) >= 11 is 0. The first-order valence-corrected chi connectivity index (χ1v) is 6.90. The quantitative estimate of drug-likeness (QED) is 0.657. The third kappa shape index (κ3) is 7.54. The van der Waals surface area contributed by atoms with Crippen molar-refractivity contribution < 1.29 is 9.90 Å². The standard InChI is InChI=1S/C14H30N2O2/c1-7-10(2)12(4)16-13(18)15-9-14(5,6)8-11(3)17/h10-12,17H,7-9H2,1-6H3,(H2,15,16,18). The molecule has 3 N–H and O–H groups in total. The van der Waals surface area contributed by atoms with Crippen molar-refractivity contribution in [2.24, 2.45) is 11.3 Å². The predicted molar refractivity (Wildman–Crippen MR) is 75.5 cm³/mol. The fraction of sp³-hybridized carbons (Fsp3) is 0.929. The molecule has 0 aliphatic carbocycles. The van der Waals surface area contributed by atoms with Crippen molar-refractivity contribution in [3.8, 4) is 0 Å². The maximum atomic E-state index is 11.7. The maximum absolute atomic E-state index is 11.7. The smallest absolute Gasteiger partial charge is 0.315 e. The Bertz CT molecular complexity index is 252. The minimum atomic E-state index is -0.344. The molecule has 18 heavy (non-hydrogen) atoms. The minimum Gasteiger partial charge on any atom is -0.393 e. The Labute approximate surface area is 112 Å². The van der Waals surface area contributed by atoms with Crippen molar-refractivity contribution in [3.63, 3.8) is 0 Å². The van der Waals surface area contributed by atoms with E-state index in [1.165, 1.54) is 0 Å². The van der Waals surface area contributed by atoms with Crippen LogP contribution in [-0.4, -0.2) is 29.8 Å². The van der Waals surface area contributed by atoms with Crippen LogP contribution in [0.1, 0.15) is 54.4 Å². The summed E-state index contributed by atoms with van der Waals surface area (Å²) in [4.78, 5) is 11.7. The molecule has 4 nitrogen and oxygen atoms in total. The molecule has 0 radical (unpaired) electrons. The summed E-state index contributed by atoms with van der Waals surface area (Å²) in [6, 6.07) is 0.0522. The molecule has 0 saturated heterocycles. The Hall–Kier alpha value is -0.770. The Morgan fingerprint density at radius 3 is 2.28 bits per heavy atom. The van der Waals surface area contributed by atoms with Crippen LogP contribution in [-0.2, 0) is 0 Å². The highest BCUT2D eigenvalue weighted by molar-refractivity contribution is 5.74. The molecule has 108 valence electrons. The van der Waals surface area contributed by atoms with Gasteiger partial charge in [0.05, 0.1) is 6.10 Å². The van der Waals surface area contributed by atoms with Gasteiger partial charge in [-0.25, -0.2) is 4.79 Å². The number of aliphatic hydroxyl groups excluding tert-OH is 1. The highest BCUT2D eigenvalue weighted by atomic mass is 16.3. The summed E-state index contributed by atoms with van der Waals surface area (Å²) in [5.41, 5.74) is -0.0921. The molecule has 4 heteroatoms. The molecular weight excluding hydrogens is 228 g/mol. The number of hydrogen-bond acceptors (Lipinski definition) is 2. The number of carbonyl (C=O) groups excluding carboxylic acids is 1. The lowest BCUT2D eigenvalue weighted by molar-refractivity contribution is 0.128. The average molecular weight is 258 g/mol. The van der Waals surface area contributed by atoms with E-state index in [9.17, 15) is 9.90 Å². The molecule has 0 heterocycles. The topological polar surface area (TPSA) is 61.4 Å². The van der Waals surface area contributed by atoms with Gasteiger partial charge < -0.3 is 15.7 Å². The molecule has 3 atom stereocenters. The number of carbonyl (C=O) groups is 1. The first-order valence-electron chi connectivity index (χ1n) is 6.90. The Morgan fingerprint density at radius 1 is 1.28 bits per heavy atom. The van der Waals surface area contributed by atoms with Gasteiger partial charge in [0.15, 0.2) is 0 Å². The molecular formula is C14H30N2O2. The number of nitrogens with one attached hydrogen (secondary N) is 2. The number of urea groups is 1. The molecule has 3 unspecified atom stereocenters. The van der Waals surface area contributed by atoms with Gasteiger partial charge in [0.1, 0.15) is 0 Å². The van der Waals surface area contributed by atoms with E-state index in [4.69, 9.17) is 0 Å². The van der Waals surface area contributed by atoms with Gasteiger partial charge in [-0.1, -0.05) is 34.1 Å². The van der Waals surface area contributed by atoms with Crippen LogP contribution in [0.2, 0.25) is 0 Å². The summed E-state index contributed by atoms with van der Waals surface area (Å²) in [6.07, 6.45) is 1.38. The second kappa shape index (κ2) is 7.62. The van der Waals surface area contributed by atoms with E-state index in [1.807, 2.05) is 20.8 Å². The van der Waals surface area contributed by atoms with Crippen LogP contribution in [0.5, 0.6) is 0 Å². The van der Waals surface area contributed by atoms with Gasteiger partial charge in [0.25, 0.3) is 0 Å². The predicted octanol–water partition coefficient (Wildman–Crippen LogP) is 2.52. The van der Waals surface area contributed by atoms with Crippen LogP contribution in [0.25, 0.3) is 0 Å². The molecule has 0 saturated carbocycles. The van der Waals surface area contributed by atoms with Gasteiger partial charge in [0, 0.05) is 12.6 Å². The lowest BCUT2D eigenvalue weighted by atomic mass is 9.87. The molecule has 0 aromatic heterocycles. The van der Waals surface area contributed by atoms with E-state index in [2.05, 4.69) is 24.5 Å². The van der Waals surface area contributed by atoms with Crippen LogP contribution < -0.4 is 10.6 Å². The highest BCUT2D eigenvalue weighted by Crippen LogP contribution is 2.20. The molecule has 0 aromatic carbocycles. The fourth-order valence-electron chi connectivity index (χ4n) is 1.95. The van der Waals surface area contributed by atoms with E-state index < -0.39 is 0 Å². The average Bonchev–Trinajstić information content (AvgIpc) is 2.23. The SMILES string of the molecule is CCC(C)C(C)NC(=O)NCC(C)(C)CC(C)O. The van der Waals surface area contributed by atoms with Gasteiger partial charge in [-0.15, -0.1) is 0 Å². The van der Waals surface area contributed by atoms with Crippen LogP contribution in [0.3, 0.4) is 0 Å². The van der Waals surface area contributed by atoms with Crippen LogP contribution in [0, 0.1) is 11.3 Å². The zero-order valence-corrected chi connectivity index (χ0v) is 12.7. The zero-order valence-electron chi connectivity index (χ0n) is 12.7.